The molecule has 0 aliphatic rings. The van der Waals surface area contributed by atoms with E-state index in [1.54, 1.807) is 36.3 Å². The SMILES string of the molecule is COc1cccc2cc(C(=O)Nc3cnn(CCOCc4ccccc4)c3)oc12. The summed E-state index contributed by atoms with van der Waals surface area (Å²) in [6, 6.07) is 17.2. The molecule has 2 aromatic heterocycles. The number of aromatic nitrogens is 2. The van der Waals surface area contributed by atoms with Crippen molar-refractivity contribution in [3.05, 3.63) is 78.3 Å². The van der Waals surface area contributed by atoms with Crippen molar-refractivity contribution >= 4 is 22.6 Å². The van der Waals surface area contributed by atoms with E-state index in [2.05, 4.69) is 10.4 Å². The fraction of sp³-hybridized carbons (Fsp3) is 0.182. The van der Waals surface area contributed by atoms with E-state index < -0.39 is 0 Å². The summed E-state index contributed by atoms with van der Waals surface area (Å²) in [6.07, 6.45) is 3.35. The minimum absolute atomic E-state index is 0.212. The Balaban J connectivity index is 1.32. The fourth-order valence-electron chi connectivity index (χ4n) is 2.97. The number of carbonyl (C=O) groups excluding carboxylic acids is 1. The average Bonchev–Trinajstić information content (AvgIpc) is 3.38. The second-order valence-corrected chi connectivity index (χ2v) is 6.47. The highest BCUT2D eigenvalue weighted by Crippen LogP contribution is 2.28. The van der Waals surface area contributed by atoms with Gasteiger partial charge in [0.05, 0.1) is 38.8 Å². The summed E-state index contributed by atoms with van der Waals surface area (Å²) in [6.45, 7) is 1.67. The molecule has 4 rings (SSSR count). The Morgan fingerprint density at radius 2 is 2.03 bits per heavy atom. The zero-order valence-electron chi connectivity index (χ0n) is 16.0. The van der Waals surface area contributed by atoms with Gasteiger partial charge in [-0.2, -0.15) is 5.10 Å². The van der Waals surface area contributed by atoms with Crippen LogP contribution in [0.15, 0.2) is 71.4 Å². The molecule has 0 atom stereocenters. The highest BCUT2D eigenvalue weighted by Gasteiger charge is 2.15. The number of hydrogen-bond acceptors (Lipinski definition) is 5. The molecule has 0 aliphatic carbocycles. The van der Waals surface area contributed by atoms with Crippen LogP contribution in [0.5, 0.6) is 5.75 Å². The van der Waals surface area contributed by atoms with Crippen molar-refractivity contribution in [2.24, 2.45) is 0 Å². The van der Waals surface area contributed by atoms with Gasteiger partial charge in [0.25, 0.3) is 5.91 Å². The zero-order chi connectivity index (χ0) is 20.1. The van der Waals surface area contributed by atoms with Gasteiger partial charge in [-0.05, 0) is 17.7 Å². The van der Waals surface area contributed by atoms with Gasteiger partial charge in [-0.3, -0.25) is 9.48 Å². The van der Waals surface area contributed by atoms with Crippen LogP contribution in [0.2, 0.25) is 0 Å². The summed E-state index contributed by atoms with van der Waals surface area (Å²) in [5.74, 6) is 0.455. The van der Waals surface area contributed by atoms with E-state index in [1.165, 1.54) is 0 Å². The van der Waals surface area contributed by atoms with E-state index >= 15 is 0 Å². The molecule has 2 aromatic carbocycles. The summed E-state index contributed by atoms with van der Waals surface area (Å²) in [4.78, 5) is 12.5. The summed E-state index contributed by atoms with van der Waals surface area (Å²) in [7, 11) is 1.56. The van der Waals surface area contributed by atoms with Gasteiger partial charge in [0.2, 0.25) is 0 Å². The zero-order valence-corrected chi connectivity index (χ0v) is 16.0. The highest BCUT2D eigenvalue weighted by atomic mass is 16.5. The summed E-state index contributed by atoms with van der Waals surface area (Å²) >= 11 is 0. The number of ether oxygens (including phenoxy) is 2. The summed E-state index contributed by atoms with van der Waals surface area (Å²) in [5, 5.41) is 7.85. The molecule has 7 heteroatoms. The van der Waals surface area contributed by atoms with Gasteiger partial charge >= 0.3 is 0 Å². The lowest BCUT2D eigenvalue weighted by atomic mass is 10.2. The number of para-hydroxylation sites is 1. The van der Waals surface area contributed by atoms with Crippen molar-refractivity contribution < 1.29 is 18.7 Å². The second kappa shape index (κ2) is 8.62. The number of fused-ring (bicyclic) bond motifs is 1. The number of anilines is 1. The van der Waals surface area contributed by atoms with Crippen LogP contribution in [0.3, 0.4) is 0 Å². The lowest BCUT2D eigenvalue weighted by Crippen LogP contribution is -2.10. The van der Waals surface area contributed by atoms with Crippen LogP contribution in [0.25, 0.3) is 11.0 Å². The largest absolute Gasteiger partial charge is 0.493 e. The number of rotatable bonds is 8. The van der Waals surface area contributed by atoms with Crippen LogP contribution >= 0.6 is 0 Å². The van der Waals surface area contributed by atoms with Crippen molar-refractivity contribution in [1.82, 2.24) is 9.78 Å². The molecule has 148 valence electrons. The first-order chi connectivity index (χ1) is 14.2. The Morgan fingerprint density at radius 1 is 1.17 bits per heavy atom. The third kappa shape index (κ3) is 4.47. The number of hydrogen-bond donors (Lipinski definition) is 1. The third-order valence-electron chi connectivity index (χ3n) is 4.42. The molecule has 29 heavy (non-hydrogen) atoms. The van der Waals surface area contributed by atoms with Crippen LogP contribution in [0, 0.1) is 0 Å². The third-order valence-corrected chi connectivity index (χ3v) is 4.42. The Labute approximate surface area is 167 Å². The number of nitrogens with one attached hydrogen (secondary N) is 1. The minimum Gasteiger partial charge on any atom is -0.493 e. The van der Waals surface area contributed by atoms with Crippen LogP contribution < -0.4 is 10.1 Å². The van der Waals surface area contributed by atoms with Gasteiger partial charge in [-0.15, -0.1) is 0 Å². The predicted octanol–water partition coefficient (Wildman–Crippen LogP) is 4.11. The molecular formula is C22H21N3O4. The van der Waals surface area contributed by atoms with E-state index in [4.69, 9.17) is 13.9 Å². The summed E-state index contributed by atoms with van der Waals surface area (Å²) in [5.41, 5.74) is 2.26. The number of furan rings is 1. The first-order valence-corrected chi connectivity index (χ1v) is 9.25. The van der Waals surface area contributed by atoms with Crippen LogP contribution in [-0.4, -0.2) is 29.4 Å². The molecule has 0 radical (unpaired) electrons. The standard InChI is InChI=1S/C22H21N3O4/c1-27-19-9-5-8-17-12-20(29-21(17)19)22(26)24-18-13-23-25(14-18)10-11-28-15-16-6-3-2-4-7-16/h2-9,12-14H,10-11,15H2,1H3,(H,24,26). The Kier molecular flexibility index (Phi) is 5.58. The normalized spacial score (nSPS) is 10.9. The minimum atomic E-state index is -0.344. The van der Waals surface area contributed by atoms with Crippen molar-refractivity contribution in [2.75, 3.05) is 19.0 Å². The van der Waals surface area contributed by atoms with Crippen LogP contribution in [-0.2, 0) is 17.9 Å². The van der Waals surface area contributed by atoms with Gasteiger partial charge in [-0.25, -0.2) is 0 Å². The molecule has 0 spiro atoms. The maximum absolute atomic E-state index is 12.5. The maximum atomic E-state index is 12.5. The Hall–Kier alpha value is -3.58. The van der Waals surface area contributed by atoms with E-state index in [0.717, 1.165) is 10.9 Å². The van der Waals surface area contributed by atoms with Gasteiger partial charge in [0.1, 0.15) is 0 Å². The topological polar surface area (TPSA) is 78.5 Å². The van der Waals surface area contributed by atoms with E-state index in [1.807, 2.05) is 42.5 Å². The van der Waals surface area contributed by atoms with Crippen LogP contribution in [0.4, 0.5) is 5.69 Å². The molecule has 1 N–H and O–H groups in total. The lowest BCUT2D eigenvalue weighted by molar-refractivity contribution is 0.0998. The van der Waals surface area contributed by atoms with E-state index in [0.29, 0.717) is 36.8 Å². The van der Waals surface area contributed by atoms with Gasteiger partial charge in [-0.1, -0.05) is 42.5 Å². The number of nitrogens with zero attached hydrogens (tertiary/aromatic N) is 2. The number of amides is 1. The molecule has 0 unspecified atom stereocenters. The van der Waals surface area contributed by atoms with Crippen molar-refractivity contribution in [3.8, 4) is 5.75 Å². The molecule has 0 bridgehead atoms. The van der Waals surface area contributed by atoms with Crippen LogP contribution in [0.1, 0.15) is 16.1 Å². The number of methoxy groups -OCH3 is 1. The Morgan fingerprint density at radius 3 is 2.86 bits per heavy atom. The highest BCUT2D eigenvalue weighted by molar-refractivity contribution is 6.05. The quantitative estimate of drug-likeness (QED) is 0.458. The number of carbonyl (C=O) groups is 1. The van der Waals surface area contributed by atoms with E-state index in [9.17, 15) is 4.79 Å². The van der Waals surface area contributed by atoms with Gasteiger partial charge in [0, 0.05) is 11.6 Å². The predicted molar refractivity (Wildman–Crippen MR) is 109 cm³/mol. The summed E-state index contributed by atoms with van der Waals surface area (Å²) < 4.78 is 18.3. The fourth-order valence-corrected chi connectivity index (χ4v) is 2.97. The first-order valence-electron chi connectivity index (χ1n) is 9.25. The van der Waals surface area contributed by atoms with Crippen molar-refractivity contribution in [3.63, 3.8) is 0 Å². The monoisotopic (exact) mass is 391 g/mol. The molecule has 0 fully saturated rings. The molecular weight excluding hydrogens is 370 g/mol. The molecule has 1 amide bonds. The van der Waals surface area contributed by atoms with Crippen molar-refractivity contribution in [1.29, 1.82) is 0 Å². The van der Waals surface area contributed by atoms with Gasteiger partial charge < -0.3 is 19.2 Å². The molecule has 0 saturated carbocycles. The van der Waals surface area contributed by atoms with E-state index in [-0.39, 0.29) is 11.7 Å². The number of benzene rings is 2. The van der Waals surface area contributed by atoms with Crippen molar-refractivity contribution in [2.45, 2.75) is 13.2 Å². The smallest absolute Gasteiger partial charge is 0.291 e. The lowest BCUT2D eigenvalue weighted by Gasteiger charge is -2.04. The Bertz CT molecular complexity index is 1100. The maximum Gasteiger partial charge on any atom is 0.291 e. The van der Waals surface area contributed by atoms with Gasteiger partial charge in [0.15, 0.2) is 17.1 Å². The first kappa shape index (κ1) is 18.8. The molecule has 0 aliphatic heterocycles. The second-order valence-electron chi connectivity index (χ2n) is 6.47. The molecule has 2 heterocycles. The molecule has 7 nitrogen and oxygen atoms in total. The molecule has 0 saturated heterocycles. The average molecular weight is 391 g/mol. The molecule has 4 aromatic rings.